The molecule has 1 amide bonds. The first-order valence-corrected chi connectivity index (χ1v) is 9.17. The first-order chi connectivity index (χ1) is 12.6. The number of nitrogens with zero attached hydrogens (tertiary/aromatic N) is 1. The quantitative estimate of drug-likeness (QED) is 0.745. The Bertz CT molecular complexity index is 732. The molecular weight excluding hydrogens is 326 g/mol. The average Bonchev–Trinajstić information content (AvgIpc) is 2.68. The second-order valence-corrected chi connectivity index (χ2v) is 6.88. The van der Waals surface area contributed by atoms with Crippen LogP contribution in [0.25, 0.3) is 0 Å². The van der Waals surface area contributed by atoms with Crippen molar-refractivity contribution in [1.29, 1.82) is 0 Å². The molecule has 1 fully saturated rings. The van der Waals surface area contributed by atoms with Crippen molar-refractivity contribution in [2.24, 2.45) is 5.92 Å². The van der Waals surface area contributed by atoms with Crippen molar-refractivity contribution in [3.05, 3.63) is 65.7 Å². The van der Waals surface area contributed by atoms with Crippen LogP contribution in [-0.4, -0.2) is 36.3 Å². The fraction of sp³-hybridized carbons (Fsp3) is 0.364. The number of ether oxygens (including phenoxy) is 1. The third-order valence-electron chi connectivity index (χ3n) is 4.96. The number of hydrogen-bond acceptors (Lipinski definition) is 3. The van der Waals surface area contributed by atoms with Crippen LogP contribution in [0.4, 0.5) is 0 Å². The van der Waals surface area contributed by atoms with Crippen molar-refractivity contribution < 1.29 is 14.3 Å². The van der Waals surface area contributed by atoms with E-state index in [1.54, 1.807) is 24.3 Å². The number of piperidine rings is 1. The molecule has 1 saturated heterocycles. The lowest BCUT2D eigenvalue weighted by atomic mass is 9.90. The molecule has 0 spiro atoms. The Morgan fingerprint density at radius 3 is 2.27 bits per heavy atom. The average molecular weight is 351 g/mol. The van der Waals surface area contributed by atoms with Gasteiger partial charge in [0.1, 0.15) is 5.75 Å². The molecule has 0 unspecified atom stereocenters. The van der Waals surface area contributed by atoms with Crippen molar-refractivity contribution >= 4 is 11.7 Å². The fourth-order valence-corrected chi connectivity index (χ4v) is 3.36. The molecule has 2 aromatic rings. The Kier molecular flexibility index (Phi) is 6.05. The molecule has 0 aliphatic carbocycles. The lowest BCUT2D eigenvalue weighted by Crippen LogP contribution is -2.41. The van der Waals surface area contributed by atoms with Gasteiger partial charge in [-0.3, -0.25) is 9.59 Å². The number of amides is 1. The molecule has 1 aliphatic heterocycles. The molecule has 1 aliphatic rings. The summed E-state index contributed by atoms with van der Waals surface area (Å²) in [6, 6.07) is 17.4. The smallest absolute Gasteiger partial charge is 0.260 e. The van der Waals surface area contributed by atoms with Gasteiger partial charge in [0, 0.05) is 18.7 Å². The van der Waals surface area contributed by atoms with E-state index in [0.29, 0.717) is 17.2 Å². The van der Waals surface area contributed by atoms with Crippen LogP contribution in [0.15, 0.2) is 54.6 Å². The molecule has 26 heavy (non-hydrogen) atoms. The zero-order chi connectivity index (χ0) is 18.4. The normalized spacial score (nSPS) is 14.9. The van der Waals surface area contributed by atoms with Crippen molar-refractivity contribution in [2.45, 2.75) is 26.2 Å². The van der Waals surface area contributed by atoms with Gasteiger partial charge in [0.2, 0.25) is 0 Å². The molecular formula is C22H25NO3. The van der Waals surface area contributed by atoms with Gasteiger partial charge in [-0.1, -0.05) is 30.3 Å². The van der Waals surface area contributed by atoms with E-state index in [2.05, 4.69) is 24.3 Å². The number of hydrogen-bond donors (Lipinski definition) is 0. The molecule has 136 valence electrons. The van der Waals surface area contributed by atoms with Crippen LogP contribution in [0.1, 0.15) is 35.7 Å². The van der Waals surface area contributed by atoms with Crippen LogP contribution >= 0.6 is 0 Å². The van der Waals surface area contributed by atoms with Gasteiger partial charge in [-0.05, 0) is 61.9 Å². The van der Waals surface area contributed by atoms with Crippen molar-refractivity contribution in [1.82, 2.24) is 4.90 Å². The lowest BCUT2D eigenvalue weighted by molar-refractivity contribution is -0.134. The third kappa shape index (κ3) is 4.94. The van der Waals surface area contributed by atoms with Crippen molar-refractivity contribution in [3.63, 3.8) is 0 Å². The number of benzene rings is 2. The number of rotatable bonds is 6. The summed E-state index contributed by atoms with van der Waals surface area (Å²) in [6.07, 6.45) is 3.16. The highest BCUT2D eigenvalue weighted by Crippen LogP contribution is 2.22. The second-order valence-electron chi connectivity index (χ2n) is 6.88. The number of likely N-dealkylation sites (tertiary alicyclic amines) is 1. The van der Waals surface area contributed by atoms with Gasteiger partial charge in [-0.2, -0.15) is 0 Å². The number of carbonyl (C=O) groups excluding carboxylic acids is 2. The Hall–Kier alpha value is -2.62. The molecule has 0 bridgehead atoms. The summed E-state index contributed by atoms with van der Waals surface area (Å²) in [7, 11) is 0. The predicted octanol–water partition coefficient (Wildman–Crippen LogP) is 3.75. The van der Waals surface area contributed by atoms with Gasteiger partial charge < -0.3 is 9.64 Å². The van der Waals surface area contributed by atoms with E-state index in [0.717, 1.165) is 32.4 Å². The molecule has 4 heteroatoms. The van der Waals surface area contributed by atoms with E-state index in [1.165, 1.54) is 12.5 Å². The van der Waals surface area contributed by atoms with Gasteiger partial charge in [0.15, 0.2) is 12.4 Å². The third-order valence-corrected chi connectivity index (χ3v) is 4.96. The van der Waals surface area contributed by atoms with E-state index in [-0.39, 0.29) is 18.3 Å². The predicted molar refractivity (Wildman–Crippen MR) is 101 cm³/mol. The summed E-state index contributed by atoms with van der Waals surface area (Å²) < 4.78 is 5.58. The summed E-state index contributed by atoms with van der Waals surface area (Å²) in [5, 5.41) is 0. The highest BCUT2D eigenvalue weighted by molar-refractivity contribution is 5.94. The minimum absolute atomic E-state index is 0.0194. The van der Waals surface area contributed by atoms with Crippen LogP contribution in [0, 0.1) is 5.92 Å². The monoisotopic (exact) mass is 351 g/mol. The topological polar surface area (TPSA) is 46.6 Å². The van der Waals surface area contributed by atoms with Gasteiger partial charge >= 0.3 is 0 Å². The van der Waals surface area contributed by atoms with E-state index in [9.17, 15) is 9.59 Å². The maximum Gasteiger partial charge on any atom is 0.260 e. The van der Waals surface area contributed by atoms with Crippen LogP contribution in [-0.2, 0) is 11.2 Å². The van der Waals surface area contributed by atoms with Gasteiger partial charge in [0.25, 0.3) is 5.91 Å². The van der Waals surface area contributed by atoms with E-state index >= 15 is 0 Å². The van der Waals surface area contributed by atoms with Crippen molar-refractivity contribution in [3.8, 4) is 5.75 Å². The summed E-state index contributed by atoms with van der Waals surface area (Å²) >= 11 is 0. The summed E-state index contributed by atoms with van der Waals surface area (Å²) in [6.45, 7) is 3.16. The zero-order valence-electron chi connectivity index (χ0n) is 15.2. The number of carbonyl (C=O) groups is 2. The molecule has 0 radical (unpaired) electrons. The van der Waals surface area contributed by atoms with E-state index in [1.807, 2.05) is 11.0 Å². The maximum atomic E-state index is 12.4. The minimum Gasteiger partial charge on any atom is -0.484 e. The SMILES string of the molecule is CC(=O)c1ccc(OCC(=O)N2CCC(Cc3ccccc3)CC2)cc1. The molecule has 2 aromatic carbocycles. The highest BCUT2D eigenvalue weighted by Gasteiger charge is 2.23. The summed E-state index contributed by atoms with van der Waals surface area (Å²) in [5.41, 5.74) is 2.01. The Labute approximate surface area is 154 Å². The fourth-order valence-electron chi connectivity index (χ4n) is 3.36. The second kappa shape index (κ2) is 8.65. The Morgan fingerprint density at radius 2 is 1.65 bits per heavy atom. The maximum absolute atomic E-state index is 12.4. The molecule has 3 rings (SSSR count). The van der Waals surface area contributed by atoms with E-state index in [4.69, 9.17) is 4.74 Å². The van der Waals surface area contributed by atoms with Crippen LogP contribution in [0.2, 0.25) is 0 Å². The number of Topliss-reactive ketones (excluding diaryl/α,β-unsaturated/α-hetero) is 1. The van der Waals surface area contributed by atoms with Crippen LogP contribution < -0.4 is 4.74 Å². The van der Waals surface area contributed by atoms with Crippen LogP contribution in [0.3, 0.4) is 0 Å². The summed E-state index contributed by atoms with van der Waals surface area (Å²) in [5.74, 6) is 1.30. The molecule has 0 N–H and O–H groups in total. The molecule has 0 saturated carbocycles. The van der Waals surface area contributed by atoms with Gasteiger partial charge in [0.05, 0.1) is 0 Å². The van der Waals surface area contributed by atoms with Crippen LogP contribution in [0.5, 0.6) is 5.75 Å². The molecule has 4 nitrogen and oxygen atoms in total. The molecule has 1 heterocycles. The standard InChI is InChI=1S/C22H25NO3/c1-17(24)20-7-9-21(10-8-20)26-16-22(25)23-13-11-19(12-14-23)15-18-5-3-2-4-6-18/h2-10,19H,11-16H2,1H3. The first kappa shape index (κ1) is 18.2. The van der Waals surface area contributed by atoms with Gasteiger partial charge in [-0.25, -0.2) is 0 Å². The Morgan fingerprint density at radius 1 is 1.00 bits per heavy atom. The summed E-state index contributed by atoms with van der Waals surface area (Å²) in [4.78, 5) is 25.5. The Balaban J connectivity index is 1.42. The van der Waals surface area contributed by atoms with Crippen molar-refractivity contribution in [2.75, 3.05) is 19.7 Å². The van der Waals surface area contributed by atoms with E-state index < -0.39 is 0 Å². The largest absolute Gasteiger partial charge is 0.484 e. The lowest BCUT2D eigenvalue weighted by Gasteiger charge is -2.32. The highest BCUT2D eigenvalue weighted by atomic mass is 16.5. The molecule has 0 atom stereocenters. The minimum atomic E-state index is 0.0194. The first-order valence-electron chi connectivity index (χ1n) is 9.17. The zero-order valence-corrected chi connectivity index (χ0v) is 15.2. The number of ketones is 1. The molecule has 0 aromatic heterocycles. The van der Waals surface area contributed by atoms with Gasteiger partial charge in [-0.15, -0.1) is 0 Å².